The maximum Gasteiger partial charge on any atom is 0.109 e. The molecule has 2 nitrogen and oxygen atoms in total. The first-order chi connectivity index (χ1) is 11.2. The van der Waals surface area contributed by atoms with Crippen LogP contribution in [0.1, 0.15) is 77.7 Å². The summed E-state index contributed by atoms with van der Waals surface area (Å²) in [4.78, 5) is 0. The van der Waals surface area contributed by atoms with Crippen molar-refractivity contribution >= 4 is 0 Å². The molecule has 2 atom stereocenters. The Kier molecular flexibility index (Phi) is 7.58. The molecule has 2 rings (SSSR count). The van der Waals surface area contributed by atoms with E-state index >= 15 is 0 Å². The summed E-state index contributed by atoms with van der Waals surface area (Å²) in [5.74, 6) is 0. The molecule has 1 N–H and O–H groups in total. The summed E-state index contributed by atoms with van der Waals surface area (Å²) in [5, 5.41) is 3.84. The van der Waals surface area contributed by atoms with Crippen LogP contribution < -0.4 is 5.32 Å². The van der Waals surface area contributed by atoms with Crippen LogP contribution in [-0.4, -0.2) is 17.9 Å². The number of hydrogen-bond donors (Lipinski definition) is 1. The molecular formula is C21H35NO. The number of rotatable bonds is 10. The number of ether oxygens (including phenoxy) is 1. The highest BCUT2D eigenvalue weighted by Gasteiger charge is 2.46. The first-order valence-corrected chi connectivity index (χ1v) is 9.72. The smallest absolute Gasteiger partial charge is 0.109 e. The molecular weight excluding hydrogens is 282 g/mol. The molecule has 0 amide bonds. The topological polar surface area (TPSA) is 21.3 Å². The zero-order valence-corrected chi connectivity index (χ0v) is 15.3. The minimum absolute atomic E-state index is 0.0240. The Balaban J connectivity index is 2.09. The summed E-state index contributed by atoms with van der Waals surface area (Å²) < 4.78 is 6.65. The number of unbranched alkanes of at least 4 members (excludes halogenated alkanes) is 2. The summed E-state index contributed by atoms with van der Waals surface area (Å²) in [6.45, 7) is 6.83. The molecule has 0 aliphatic carbocycles. The van der Waals surface area contributed by atoms with Crippen LogP contribution in [0.25, 0.3) is 0 Å². The van der Waals surface area contributed by atoms with Crippen molar-refractivity contribution in [1.29, 1.82) is 0 Å². The number of benzene rings is 1. The van der Waals surface area contributed by atoms with Gasteiger partial charge in [0.15, 0.2) is 0 Å². The Morgan fingerprint density at radius 2 is 1.65 bits per heavy atom. The molecule has 0 radical (unpaired) electrons. The molecule has 1 aliphatic rings. The van der Waals surface area contributed by atoms with Crippen LogP contribution in [0, 0.1) is 0 Å². The maximum absolute atomic E-state index is 6.65. The molecule has 1 unspecified atom stereocenters. The fourth-order valence-corrected chi connectivity index (χ4v) is 4.03. The zero-order chi connectivity index (χ0) is 16.5. The van der Waals surface area contributed by atoms with Crippen LogP contribution in [0.5, 0.6) is 0 Å². The molecule has 0 bridgehead atoms. The molecule has 130 valence electrons. The van der Waals surface area contributed by atoms with Crippen LogP contribution >= 0.6 is 0 Å². The largest absolute Gasteiger partial charge is 0.355 e. The van der Waals surface area contributed by atoms with E-state index in [1.54, 1.807) is 0 Å². The van der Waals surface area contributed by atoms with Gasteiger partial charge in [0.2, 0.25) is 0 Å². The van der Waals surface area contributed by atoms with Crippen LogP contribution in [0.4, 0.5) is 0 Å². The monoisotopic (exact) mass is 317 g/mol. The minimum atomic E-state index is 0.0240. The SMILES string of the molecule is CCCCC[C@H]1NC(Cc2ccccc2)C(CCC)(CCC)O1. The molecule has 1 fully saturated rings. The van der Waals surface area contributed by atoms with Gasteiger partial charge >= 0.3 is 0 Å². The highest BCUT2D eigenvalue weighted by Crippen LogP contribution is 2.37. The predicted molar refractivity (Wildman–Crippen MR) is 98.6 cm³/mol. The molecule has 1 heterocycles. The lowest BCUT2D eigenvalue weighted by Gasteiger charge is -2.34. The van der Waals surface area contributed by atoms with E-state index < -0.39 is 0 Å². The van der Waals surface area contributed by atoms with Crippen molar-refractivity contribution in [3.63, 3.8) is 0 Å². The third-order valence-electron chi connectivity index (χ3n) is 5.10. The van der Waals surface area contributed by atoms with Crippen molar-refractivity contribution in [3.8, 4) is 0 Å². The molecule has 0 spiro atoms. The van der Waals surface area contributed by atoms with Gasteiger partial charge in [0.05, 0.1) is 5.60 Å². The van der Waals surface area contributed by atoms with Crippen molar-refractivity contribution in [2.45, 2.75) is 96.4 Å². The van der Waals surface area contributed by atoms with Crippen molar-refractivity contribution in [1.82, 2.24) is 5.32 Å². The fourth-order valence-electron chi connectivity index (χ4n) is 4.03. The molecule has 1 aliphatic heterocycles. The third kappa shape index (κ3) is 5.06. The summed E-state index contributed by atoms with van der Waals surface area (Å²) in [6, 6.07) is 11.3. The van der Waals surface area contributed by atoms with E-state index in [2.05, 4.69) is 56.4 Å². The summed E-state index contributed by atoms with van der Waals surface area (Å²) in [5.41, 5.74) is 1.44. The average Bonchev–Trinajstić information content (AvgIpc) is 2.87. The molecule has 0 saturated carbocycles. The zero-order valence-electron chi connectivity index (χ0n) is 15.3. The summed E-state index contributed by atoms with van der Waals surface area (Å²) >= 11 is 0. The van der Waals surface area contributed by atoms with Crippen molar-refractivity contribution in [3.05, 3.63) is 35.9 Å². The van der Waals surface area contributed by atoms with Gasteiger partial charge in [0.25, 0.3) is 0 Å². The minimum Gasteiger partial charge on any atom is -0.355 e. The van der Waals surface area contributed by atoms with Crippen LogP contribution in [0.15, 0.2) is 30.3 Å². The molecule has 1 aromatic rings. The van der Waals surface area contributed by atoms with Crippen molar-refractivity contribution in [2.75, 3.05) is 0 Å². The molecule has 2 heteroatoms. The van der Waals surface area contributed by atoms with Gasteiger partial charge in [0.1, 0.15) is 6.23 Å². The van der Waals surface area contributed by atoms with E-state index in [4.69, 9.17) is 4.74 Å². The van der Waals surface area contributed by atoms with Gasteiger partial charge in [-0.1, -0.05) is 76.8 Å². The van der Waals surface area contributed by atoms with Crippen molar-refractivity contribution in [2.24, 2.45) is 0 Å². The lowest BCUT2D eigenvalue weighted by atomic mass is 9.82. The van der Waals surface area contributed by atoms with Gasteiger partial charge in [-0.3, -0.25) is 5.32 Å². The van der Waals surface area contributed by atoms with E-state index in [-0.39, 0.29) is 11.8 Å². The second-order valence-electron chi connectivity index (χ2n) is 7.08. The van der Waals surface area contributed by atoms with Gasteiger partial charge in [-0.2, -0.15) is 0 Å². The second-order valence-corrected chi connectivity index (χ2v) is 7.08. The van der Waals surface area contributed by atoms with Gasteiger partial charge in [-0.05, 0) is 37.7 Å². The van der Waals surface area contributed by atoms with Gasteiger partial charge < -0.3 is 4.74 Å². The first kappa shape index (κ1) is 18.5. The average molecular weight is 318 g/mol. The third-order valence-corrected chi connectivity index (χ3v) is 5.10. The Bertz CT molecular complexity index is 425. The lowest BCUT2D eigenvalue weighted by molar-refractivity contribution is -0.0631. The van der Waals surface area contributed by atoms with E-state index in [0.717, 1.165) is 25.7 Å². The van der Waals surface area contributed by atoms with E-state index in [1.165, 1.54) is 37.7 Å². The van der Waals surface area contributed by atoms with E-state index in [0.29, 0.717) is 6.04 Å². The molecule has 0 aromatic heterocycles. The standard InChI is InChI=1S/C21H35NO/c1-4-7-9-14-20-22-19(17-18-12-10-8-11-13-18)21(23-20,15-5-2)16-6-3/h8,10-13,19-20,22H,4-7,9,14-17H2,1-3H3/t19?,20-/m0/s1. The number of hydrogen-bond acceptors (Lipinski definition) is 2. The maximum atomic E-state index is 6.65. The Hall–Kier alpha value is -0.860. The Morgan fingerprint density at radius 3 is 2.26 bits per heavy atom. The highest BCUT2D eigenvalue weighted by atomic mass is 16.5. The van der Waals surface area contributed by atoms with Gasteiger partial charge in [-0.25, -0.2) is 0 Å². The summed E-state index contributed by atoms with van der Waals surface area (Å²) in [6.07, 6.45) is 11.0. The highest BCUT2D eigenvalue weighted by molar-refractivity contribution is 5.18. The predicted octanol–water partition coefficient (Wildman–Crippen LogP) is 5.46. The second kappa shape index (κ2) is 9.44. The Morgan fingerprint density at radius 1 is 0.957 bits per heavy atom. The van der Waals surface area contributed by atoms with E-state index in [1.807, 2.05) is 0 Å². The summed E-state index contributed by atoms with van der Waals surface area (Å²) in [7, 11) is 0. The van der Waals surface area contributed by atoms with Crippen LogP contribution in [-0.2, 0) is 11.2 Å². The number of nitrogens with one attached hydrogen (secondary N) is 1. The quantitative estimate of drug-likeness (QED) is 0.578. The first-order valence-electron chi connectivity index (χ1n) is 9.72. The lowest BCUT2D eigenvalue weighted by Crippen LogP contribution is -2.45. The van der Waals surface area contributed by atoms with Gasteiger partial charge in [-0.15, -0.1) is 0 Å². The van der Waals surface area contributed by atoms with Crippen molar-refractivity contribution < 1.29 is 4.74 Å². The normalized spacial score (nSPS) is 23.3. The molecule has 23 heavy (non-hydrogen) atoms. The van der Waals surface area contributed by atoms with Gasteiger partial charge in [0, 0.05) is 6.04 Å². The van der Waals surface area contributed by atoms with Crippen LogP contribution in [0.2, 0.25) is 0 Å². The van der Waals surface area contributed by atoms with E-state index in [9.17, 15) is 0 Å². The molecule has 1 saturated heterocycles. The fraction of sp³-hybridized carbons (Fsp3) is 0.714. The van der Waals surface area contributed by atoms with Crippen LogP contribution in [0.3, 0.4) is 0 Å². The Labute approximate surface area is 143 Å². The molecule has 1 aromatic carbocycles.